The van der Waals surface area contributed by atoms with Crippen molar-refractivity contribution in [3.63, 3.8) is 0 Å². The molecule has 0 bridgehead atoms. The molecule has 0 saturated heterocycles. The Kier molecular flexibility index (Phi) is 3.30. The average molecular weight is 223 g/mol. The Labute approximate surface area is 96.5 Å². The third-order valence-corrected chi connectivity index (χ3v) is 3.37. The normalized spacial score (nSPS) is 20.1. The van der Waals surface area contributed by atoms with Gasteiger partial charge in [0.1, 0.15) is 5.82 Å². The Morgan fingerprint density at radius 3 is 2.75 bits per heavy atom. The zero-order valence-electron chi connectivity index (χ0n) is 10.0. The first-order valence-corrected chi connectivity index (χ1v) is 6.04. The molecule has 0 spiro atoms. The molecule has 16 heavy (non-hydrogen) atoms. The van der Waals surface area contributed by atoms with Gasteiger partial charge in [0.2, 0.25) is 0 Å². The van der Waals surface area contributed by atoms with Crippen LogP contribution in [0.4, 0.5) is 0 Å². The molecule has 2 unspecified atom stereocenters. The average Bonchev–Trinajstić information content (AvgIpc) is 2.99. The number of aliphatic hydroxyl groups is 1. The Bertz CT molecular complexity index is 344. The summed E-state index contributed by atoms with van der Waals surface area (Å²) in [6.45, 7) is 4.31. The summed E-state index contributed by atoms with van der Waals surface area (Å²) in [7, 11) is 0. The van der Waals surface area contributed by atoms with Gasteiger partial charge < -0.3 is 15.4 Å². The van der Waals surface area contributed by atoms with Crippen molar-refractivity contribution in [2.24, 2.45) is 11.7 Å². The van der Waals surface area contributed by atoms with E-state index < -0.39 is 0 Å². The van der Waals surface area contributed by atoms with Gasteiger partial charge in [0, 0.05) is 24.4 Å². The van der Waals surface area contributed by atoms with E-state index in [9.17, 15) is 5.11 Å². The van der Waals surface area contributed by atoms with Crippen LogP contribution in [0.3, 0.4) is 0 Å². The Hall–Kier alpha value is -0.870. The van der Waals surface area contributed by atoms with Crippen LogP contribution in [-0.2, 0) is 0 Å². The molecule has 4 heteroatoms. The van der Waals surface area contributed by atoms with Crippen molar-refractivity contribution < 1.29 is 5.11 Å². The number of rotatable bonds is 5. The summed E-state index contributed by atoms with van der Waals surface area (Å²) in [4.78, 5) is 4.34. The predicted octanol–water partition coefficient (Wildman–Crippen LogP) is 1.28. The topological polar surface area (TPSA) is 64.1 Å². The maximum absolute atomic E-state index is 9.52. The van der Waals surface area contributed by atoms with Gasteiger partial charge in [-0.1, -0.05) is 13.8 Å². The van der Waals surface area contributed by atoms with Gasteiger partial charge in [-0.2, -0.15) is 0 Å². The minimum absolute atomic E-state index is 0.0209. The van der Waals surface area contributed by atoms with Crippen LogP contribution in [0.15, 0.2) is 12.4 Å². The second kappa shape index (κ2) is 4.55. The first-order chi connectivity index (χ1) is 7.65. The van der Waals surface area contributed by atoms with Crippen molar-refractivity contribution in [3.8, 4) is 0 Å². The fourth-order valence-electron chi connectivity index (χ4n) is 2.24. The van der Waals surface area contributed by atoms with Crippen LogP contribution in [0, 0.1) is 5.92 Å². The van der Waals surface area contributed by atoms with Crippen LogP contribution >= 0.6 is 0 Å². The van der Waals surface area contributed by atoms with Gasteiger partial charge in [-0.15, -0.1) is 0 Å². The number of imidazole rings is 1. The maximum Gasteiger partial charge on any atom is 0.111 e. The van der Waals surface area contributed by atoms with Crippen molar-refractivity contribution in [2.75, 3.05) is 6.61 Å². The van der Waals surface area contributed by atoms with Gasteiger partial charge in [-0.25, -0.2) is 4.98 Å². The van der Waals surface area contributed by atoms with Crippen LogP contribution in [0.1, 0.15) is 44.5 Å². The molecule has 1 aliphatic rings. The van der Waals surface area contributed by atoms with Gasteiger partial charge in [-0.05, 0) is 18.8 Å². The molecule has 1 fully saturated rings. The van der Waals surface area contributed by atoms with Gasteiger partial charge in [0.05, 0.1) is 12.6 Å². The number of nitrogens with two attached hydrogens (primary N) is 1. The lowest BCUT2D eigenvalue weighted by Crippen LogP contribution is -2.37. The predicted molar refractivity (Wildman–Crippen MR) is 63.1 cm³/mol. The molecule has 0 aliphatic heterocycles. The summed E-state index contributed by atoms with van der Waals surface area (Å²) in [6.07, 6.45) is 6.11. The third kappa shape index (κ3) is 2.13. The van der Waals surface area contributed by atoms with Gasteiger partial charge in [0.15, 0.2) is 0 Å². The fourth-order valence-corrected chi connectivity index (χ4v) is 2.24. The first-order valence-electron chi connectivity index (χ1n) is 6.04. The van der Waals surface area contributed by atoms with E-state index in [1.54, 1.807) is 6.20 Å². The molecule has 3 N–H and O–H groups in total. The zero-order valence-corrected chi connectivity index (χ0v) is 10.0. The summed E-state index contributed by atoms with van der Waals surface area (Å²) < 4.78 is 2.05. The van der Waals surface area contributed by atoms with E-state index in [1.165, 1.54) is 12.8 Å². The first kappa shape index (κ1) is 11.6. The summed E-state index contributed by atoms with van der Waals surface area (Å²) in [5.41, 5.74) is 6.19. The number of hydrogen-bond donors (Lipinski definition) is 2. The highest BCUT2D eigenvalue weighted by molar-refractivity contribution is 5.03. The molecule has 1 aromatic heterocycles. The van der Waals surface area contributed by atoms with E-state index in [4.69, 9.17) is 5.73 Å². The van der Waals surface area contributed by atoms with Crippen molar-refractivity contribution in [2.45, 2.75) is 44.7 Å². The Balaban J connectivity index is 2.21. The summed E-state index contributed by atoms with van der Waals surface area (Å²) >= 11 is 0. The second-order valence-corrected chi connectivity index (χ2v) is 5.01. The molecule has 0 aromatic carbocycles. The molecule has 1 heterocycles. The largest absolute Gasteiger partial charge is 0.394 e. The van der Waals surface area contributed by atoms with Gasteiger partial charge >= 0.3 is 0 Å². The zero-order chi connectivity index (χ0) is 11.7. The SMILES string of the molecule is CC(C)c1nccn1C(CO)C(N)C1CC1. The van der Waals surface area contributed by atoms with Crippen LogP contribution < -0.4 is 5.73 Å². The van der Waals surface area contributed by atoms with Crippen molar-refractivity contribution in [1.82, 2.24) is 9.55 Å². The molecule has 1 saturated carbocycles. The van der Waals surface area contributed by atoms with Crippen LogP contribution in [0.5, 0.6) is 0 Å². The highest BCUT2D eigenvalue weighted by Gasteiger charge is 2.35. The lowest BCUT2D eigenvalue weighted by molar-refractivity contribution is 0.195. The smallest absolute Gasteiger partial charge is 0.111 e. The minimum Gasteiger partial charge on any atom is -0.394 e. The monoisotopic (exact) mass is 223 g/mol. The van der Waals surface area contributed by atoms with E-state index in [1.807, 2.05) is 10.8 Å². The number of hydrogen-bond acceptors (Lipinski definition) is 3. The van der Waals surface area contributed by atoms with Gasteiger partial charge in [0.25, 0.3) is 0 Å². The van der Waals surface area contributed by atoms with E-state index in [0.717, 1.165) is 5.82 Å². The second-order valence-electron chi connectivity index (χ2n) is 5.01. The molecule has 2 atom stereocenters. The molecule has 1 aliphatic carbocycles. The lowest BCUT2D eigenvalue weighted by atomic mass is 10.0. The third-order valence-electron chi connectivity index (χ3n) is 3.37. The Morgan fingerprint density at radius 1 is 1.56 bits per heavy atom. The maximum atomic E-state index is 9.52. The summed E-state index contributed by atoms with van der Waals surface area (Å²) in [6, 6.07) is 0.0316. The molecular formula is C12H21N3O. The molecular weight excluding hydrogens is 202 g/mol. The van der Waals surface area contributed by atoms with Gasteiger partial charge in [-0.3, -0.25) is 0 Å². The van der Waals surface area contributed by atoms with E-state index in [0.29, 0.717) is 11.8 Å². The standard InChI is InChI=1S/C12H21N3O/c1-8(2)12-14-5-6-15(12)10(7-16)11(13)9-3-4-9/h5-6,8-11,16H,3-4,7,13H2,1-2H3. The minimum atomic E-state index is -0.0209. The summed E-state index contributed by atoms with van der Waals surface area (Å²) in [5.74, 6) is 1.95. The number of aromatic nitrogens is 2. The van der Waals surface area contributed by atoms with Crippen molar-refractivity contribution in [3.05, 3.63) is 18.2 Å². The molecule has 2 rings (SSSR count). The lowest BCUT2D eigenvalue weighted by Gasteiger charge is -2.25. The summed E-state index contributed by atoms with van der Waals surface area (Å²) in [5, 5.41) is 9.52. The molecule has 90 valence electrons. The van der Waals surface area contributed by atoms with Crippen LogP contribution in [0.2, 0.25) is 0 Å². The quantitative estimate of drug-likeness (QED) is 0.790. The van der Waals surface area contributed by atoms with Crippen molar-refractivity contribution >= 4 is 0 Å². The fraction of sp³-hybridized carbons (Fsp3) is 0.750. The Morgan fingerprint density at radius 2 is 2.25 bits per heavy atom. The highest BCUT2D eigenvalue weighted by atomic mass is 16.3. The van der Waals surface area contributed by atoms with Crippen LogP contribution in [0.25, 0.3) is 0 Å². The molecule has 0 amide bonds. The van der Waals surface area contributed by atoms with E-state index in [2.05, 4.69) is 18.8 Å². The van der Waals surface area contributed by atoms with E-state index in [-0.39, 0.29) is 18.7 Å². The van der Waals surface area contributed by atoms with Crippen LogP contribution in [-0.4, -0.2) is 27.3 Å². The van der Waals surface area contributed by atoms with Crippen molar-refractivity contribution in [1.29, 1.82) is 0 Å². The van der Waals surface area contributed by atoms with E-state index >= 15 is 0 Å². The highest BCUT2D eigenvalue weighted by Crippen LogP contribution is 2.36. The molecule has 4 nitrogen and oxygen atoms in total. The number of nitrogens with zero attached hydrogens (tertiary/aromatic N) is 2. The molecule has 0 radical (unpaired) electrons. The number of aliphatic hydroxyl groups excluding tert-OH is 1. The molecule has 1 aromatic rings.